The average molecular weight is 1090 g/mol. The molecule has 0 bridgehead atoms. The summed E-state index contributed by atoms with van der Waals surface area (Å²) in [5.41, 5.74) is 3.85. The number of anilines is 2. The Balaban J connectivity index is 0.000000183. The third kappa shape index (κ3) is 13.8. The molecule has 2 atom stereocenters. The predicted molar refractivity (Wildman–Crippen MR) is 271 cm³/mol. The molecule has 2 unspecified atom stereocenters. The Morgan fingerprint density at radius 1 is 0.731 bits per heavy atom. The van der Waals surface area contributed by atoms with Crippen LogP contribution in [0.4, 0.5) is 37.7 Å². The topological polar surface area (TPSA) is 265 Å². The van der Waals surface area contributed by atoms with Crippen LogP contribution in [0.3, 0.4) is 0 Å². The monoisotopic (exact) mass is 1090 g/mol. The molecule has 19 nitrogen and oxygen atoms in total. The highest BCUT2D eigenvalue weighted by Crippen LogP contribution is 2.32. The number of aryl methyl sites for hydroxylation is 2. The molecular weight excluding hydrogens is 1040 g/mol. The molecule has 408 valence electrons. The van der Waals surface area contributed by atoms with Gasteiger partial charge in [-0.3, -0.25) is 23.5 Å². The maximum atomic E-state index is 13.5. The lowest BCUT2D eigenvalue weighted by atomic mass is 10.1. The lowest BCUT2D eigenvalue weighted by Gasteiger charge is -2.17. The number of rotatable bonds is 12. The molecule has 1 aliphatic rings. The summed E-state index contributed by atoms with van der Waals surface area (Å²) in [6.07, 6.45) is -10.4. The summed E-state index contributed by atoms with van der Waals surface area (Å²) in [6.45, 7) is 6.70. The highest BCUT2D eigenvalue weighted by atomic mass is 19.4. The van der Waals surface area contributed by atoms with Gasteiger partial charge in [0.15, 0.2) is 11.5 Å². The molecule has 6 N–H and O–H groups in total. The van der Waals surface area contributed by atoms with Crippen molar-refractivity contribution in [1.29, 1.82) is 0 Å². The summed E-state index contributed by atoms with van der Waals surface area (Å²) in [7, 11) is 0. The van der Waals surface area contributed by atoms with Crippen molar-refractivity contribution in [2.45, 2.75) is 58.0 Å². The second-order valence-electron chi connectivity index (χ2n) is 17.5. The average Bonchev–Trinajstić information content (AvgIpc) is 3.78. The van der Waals surface area contributed by atoms with Crippen molar-refractivity contribution in [1.82, 2.24) is 29.1 Å². The van der Waals surface area contributed by atoms with Crippen LogP contribution in [0.5, 0.6) is 11.8 Å². The van der Waals surface area contributed by atoms with Gasteiger partial charge in [-0.1, -0.05) is 36.4 Å². The molecule has 1 aliphatic heterocycles. The molecule has 0 saturated carbocycles. The molecule has 1 saturated heterocycles. The largest absolute Gasteiger partial charge is 0.477 e. The first-order chi connectivity index (χ1) is 36.8. The van der Waals surface area contributed by atoms with E-state index < -0.39 is 65.0 Å². The number of ether oxygens (including phenoxy) is 4. The number of nitrogen functional groups attached to an aromatic ring is 1. The predicted octanol–water partition coefficient (Wildman–Crippen LogP) is 7.70. The Kier molecular flexibility index (Phi) is 17.2. The number of hydrogen-bond donors (Lipinski definition) is 5. The van der Waals surface area contributed by atoms with Crippen LogP contribution in [0.15, 0.2) is 131 Å². The van der Waals surface area contributed by atoms with E-state index in [1.165, 1.54) is 61.5 Å². The van der Waals surface area contributed by atoms with Crippen molar-refractivity contribution in [3.05, 3.63) is 176 Å². The molecule has 25 heteroatoms. The van der Waals surface area contributed by atoms with E-state index in [9.17, 15) is 50.6 Å². The zero-order valence-corrected chi connectivity index (χ0v) is 41.7. The number of benzene rings is 4. The quantitative estimate of drug-likeness (QED) is 0.0580. The number of halogens is 6. The Bertz CT molecular complexity index is 3630. The molecule has 4 aromatic heterocycles. The number of carboxylic acids is 1. The van der Waals surface area contributed by atoms with Gasteiger partial charge >= 0.3 is 18.3 Å². The van der Waals surface area contributed by atoms with Crippen LogP contribution in [0.2, 0.25) is 0 Å². The molecule has 8 aromatic rings. The maximum absolute atomic E-state index is 13.5. The molecule has 0 aliphatic carbocycles. The van der Waals surface area contributed by atoms with Crippen LogP contribution in [0, 0.1) is 13.8 Å². The van der Waals surface area contributed by atoms with E-state index in [0.29, 0.717) is 12.1 Å². The van der Waals surface area contributed by atoms with Gasteiger partial charge in [0.05, 0.1) is 63.2 Å². The van der Waals surface area contributed by atoms with E-state index in [4.69, 9.17) is 34.9 Å². The normalized spacial score (nSPS) is 14.4. The fourth-order valence-corrected chi connectivity index (χ4v) is 7.74. The summed E-state index contributed by atoms with van der Waals surface area (Å²) < 4.78 is 102. The van der Waals surface area contributed by atoms with E-state index in [1.54, 1.807) is 49.4 Å². The zero-order valence-electron chi connectivity index (χ0n) is 41.7. The maximum Gasteiger partial charge on any atom is 0.416 e. The van der Waals surface area contributed by atoms with Gasteiger partial charge in [-0.05, 0) is 100 Å². The summed E-state index contributed by atoms with van der Waals surface area (Å²) in [5.74, 6) is -1.62. The second-order valence-corrected chi connectivity index (χ2v) is 17.5. The van der Waals surface area contributed by atoms with Crippen molar-refractivity contribution < 1.29 is 70.2 Å². The van der Waals surface area contributed by atoms with E-state index in [2.05, 4.69) is 25.3 Å². The van der Waals surface area contributed by atoms with Crippen LogP contribution in [0.1, 0.15) is 57.6 Å². The highest BCUT2D eigenvalue weighted by molar-refractivity contribution is 6.07. The lowest BCUT2D eigenvalue weighted by Crippen LogP contribution is -2.25. The van der Waals surface area contributed by atoms with Gasteiger partial charge in [0.2, 0.25) is 11.8 Å². The Labute approximate surface area is 438 Å². The van der Waals surface area contributed by atoms with Gasteiger partial charge in [-0.15, -0.1) is 0 Å². The molecule has 0 radical (unpaired) electrons. The number of carbonyl (C=O) groups is 2. The minimum absolute atomic E-state index is 0.00247. The van der Waals surface area contributed by atoms with E-state index in [-0.39, 0.29) is 93.2 Å². The number of carbonyl (C=O) groups excluding carboxylic acids is 1. The Hall–Kier alpha value is -8.78. The Morgan fingerprint density at radius 2 is 1.23 bits per heavy atom. The molecule has 0 spiro atoms. The van der Waals surface area contributed by atoms with Gasteiger partial charge < -0.3 is 45.3 Å². The molecule has 1 amide bonds. The van der Waals surface area contributed by atoms with Crippen LogP contribution in [-0.4, -0.2) is 101 Å². The van der Waals surface area contributed by atoms with Crippen LogP contribution in [0.25, 0.3) is 33.2 Å². The van der Waals surface area contributed by atoms with Crippen molar-refractivity contribution in [2.75, 3.05) is 37.5 Å². The van der Waals surface area contributed by atoms with Gasteiger partial charge in [-0.25, -0.2) is 24.7 Å². The minimum Gasteiger partial charge on any atom is -0.477 e. The lowest BCUT2D eigenvalue weighted by molar-refractivity contribution is -0.141. The number of carboxylic acid groups (broad SMARTS) is 1. The molecule has 9 rings (SSSR count). The molecule has 4 aromatic carbocycles. The number of aromatic nitrogens is 6. The number of alkyl halides is 6. The van der Waals surface area contributed by atoms with Crippen molar-refractivity contribution in [3.63, 3.8) is 0 Å². The first-order valence-corrected chi connectivity index (χ1v) is 23.3. The summed E-state index contributed by atoms with van der Waals surface area (Å²) in [5, 5.41) is 29.9. The first-order valence-electron chi connectivity index (χ1n) is 23.3. The first kappa shape index (κ1) is 56.9. The summed E-state index contributed by atoms with van der Waals surface area (Å²) in [4.78, 5) is 66.4. The summed E-state index contributed by atoms with van der Waals surface area (Å²) >= 11 is 0. The summed E-state index contributed by atoms with van der Waals surface area (Å²) in [6, 6.07) is 27.3. The number of fused-ring (bicyclic) bond motifs is 2. The van der Waals surface area contributed by atoms with Crippen molar-refractivity contribution >= 4 is 45.1 Å². The van der Waals surface area contributed by atoms with Crippen LogP contribution >= 0.6 is 0 Å². The van der Waals surface area contributed by atoms with E-state index in [0.717, 1.165) is 33.4 Å². The minimum atomic E-state index is -4.60. The number of amides is 1. The van der Waals surface area contributed by atoms with Gasteiger partial charge in [0, 0.05) is 17.8 Å². The van der Waals surface area contributed by atoms with Crippen LogP contribution in [-0.2, 0) is 21.8 Å². The number of pyridine rings is 2. The number of nitrogens with two attached hydrogens (primary N) is 1. The van der Waals surface area contributed by atoms with Gasteiger partial charge in [-0.2, -0.15) is 26.3 Å². The Morgan fingerprint density at radius 3 is 1.77 bits per heavy atom. The van der Waals surface area contributed by atoms with Gasteiger partial charge in [0.25, 0.3) is 17.0 Å². The number of nitrogens with one attached hydrogen (secondary N) is 1. The van der Waals surface area contributed by atoms with E-state index >= 15 is 0 Å². The number of aliphatic hydroxyl groups excluding tert-OH is 2. The zero-order chi connectivity index (χ0) is 56.7. The molecule has 1 fully saturated rings. The molecular formula is C53H48F6N8O11. The molecule has 5 heterocycles. The number of aromatic carboxylic acids is 1. The number of hydrogen-bond acceptors (Lipinski definition) is 15. The second kappa shape index (κ2) is 23.6. The van der Waals surface area contributed by atoms with Crippen molar-refractivity contribution in [3.8, 4) is 23.1 Å². The van der Waals surface area contributed by atoms with E-state index in [1.807, 2.05) is 13.8 Å². The van der Waals surface area contributed by atoms with Crippen molar-refractivity contribution in [2.24, 2.45) is 0 Å². The fraction of sp³-hybridized carbons (Fsp3) is 0.245. The highest BCUT2D eigenvalue weighted by Gasteiger charge is 2.34. The number of nitrogens with zero attached hydrogens (tertiary/aromatic N) is 6. The standard InChI is InChI=1S/C25H21F3N4O5.C16H12F3N3O.C12H15NO5/c1-14-29-18-7-3-8-19(31-23(35)20-9-4-10-21(30-20)37-13-17(34)12-33)22(18)24(36)32(14)16-6-2-5-15(11-16)25(26,27)28;1-9-21-13-7-3-6-12(20)14(13)15(23)22(9)11-5-2-4-10(8-11)16(17,18)19;1-12(2)17-7-8(18-12)6-16-10-5-3-4-9(13-10)11(14)15/h2-11,17,33-34H,12-13H2,1H3,(H,31,35);2-8H,20H2,1H3;3-5,8H,6-7H2,1-2H3,(H,14,15). The smallest absolute Gasteiger partial charge is 0.416 e. The van der Waals surface area contributed by atoms with Gasteiger partial charge in [0.1, 0.15) is 42.8 Å². The van der Waals surface area contributed by atoms with Crippen LogP contribution < -0.4 is 31.6 Å². The third-order valence-corrected chi connectivity index (χ3v) is 11.3. The SMILES string of the molecule is CC1(C)OCC(COc2cccc(C(=O)O)n2)O1.Cc1nc2cccc(N)c2c(=O)n1-c1cccc(C(F)(F)F)c1.Cc1nc2cccc(NC(=O)c3cccc(OCC(O)CO)n3)c2c(=O)n1-c1cccc(C(F)(F)F)c1. The molecule has 78 heavy (non-hydrogen) atoms. The fourth-order valence-electron chi connectivity index (χ4n) is 7.74. The number of aliphatic hydroxyl groups is 2. The third-order valence-electron chi connectivity index (χ3n) is 11.3.